The summed E-state index contributed by atoms with van der Waals surface area (Å²) >= 11 is 0. The highest BCUT2D eigenvalue weighted by atomic mass is 19.4. The van der Waals surface area contributed by atoms with Crippen LogP contribution < -0.4 is 0 Å². The van der Waals surface area contributed by atoms with Crippen LogP contribution in [0.1, 0.15) is 48.0 Å². The monoisotopic (exact) mass is 276 g/mol. The van der Waals surface area contributed by atoms with Crippen molar-refractivity contribution in [1.82, 2.24) is 0 Å². The molecule has 0 saturated carbocycles. The number of alkyl halides is 3. The summed E-state index contributed by atoms with van der Waals surface area (Å²) in [6.07, 6.45) is -2.20. The number of aliphatic hydroxyl groups excluding tert-OH is 1. The van der Waals surface area contributed by atoms with Gasteiger partial charge in [0.25, 0.3) is 0 Å². The molecule has 110 valence electrons. The van der Waals surface area contributed by atoms with Crippen LogP contribution in [0.15, 0.2) is 23.5 Å². The summed E-state index contributed by atoms with van der Waals surface area (Å²) in [5.41, 5.74) is -2.94. The van der Waals surface area contributed by atoms with E-state index in [-0.39, 0.29) is 12.2 Å². The summed E-state index contributed by atoms with van der Waals surface area (Å²) in [5.74, 6) is -0.0309. The molecule has 0 amide bonds. The quantitative estimate of drug-likeness (QED) is 0.628. The van der Waals surface area contributed by atoms with Gasteiger partial charge in [0, 0.05) is 0 Å². The maximum Gasteiger partial charge on any atom is 0.398 e. The van der Waals surface area contributed by atoms with Gasteiger partial charge in [0.05, 0.1) is 5.41 Å². The first-order chi connectivity index (χ1) is 8.22. The van der Waals surface area contributed by atoms with Gasteiger partial charge in [0.1, 0.15) is 5.76 Å². The van der Waals surface area contributed by atoms with Crippen molar-refractivity contribution >= 4 is 0 Å². The number of hydrogen-bond donors (Lipinski definition) is 1. The Morgan fingerprint density at radius 2 is 1.53 bits per heavy atom. The highest BCUT2D eigenvalue weighted by molar-refractivity contribution is 5.34. The van der Waals surface area contributed by atoms with Crippen molar-refractivity contribution in [3.63, 3.8) is 0 Å². The van der Waals surface area contributed by atoms with Crippen LogP contribution in [-0.2, 0) is 0 Å². The second-order valence-electron chi connectivity index (χ2n) is 7.34. The number of rotatable bonds is 0. The fourth-order valence-electron chi connectivity index (χ4n) is 2.53. The largest absolute Gasteiger partial charge is 0.508 e. The van der Waals surface area contributed by atoms with Crippen LogP contribution in [0.25, 0.3) is 0 Å². The third-order valence-electron chi connectivity index (χ3n) is 4.04. The summed E-state index contributed by atoms with van der Waals surface area (Å²) in [5, 5.41) is 9.89. The molecule has 1 rings (SSSR count). The Balaban J connectivity index is 3.42. The Kier molecular flexibility index (Phi) is 3.64. The standard InChI is InChI=1S/C15H23F3O/c1-12(2,3)10-9-14(13(4,5)6,15(16,17)18)8-7-11(10)19/h7-8,19H,9H2,1-6H3. The summed E-state index contributed by atoms with van der Waals surface area (Å²) in [6, 6.07) is 0. The van der Waals surface area contributed by atoms with Crippen LogP contribution in [0.5, 0.6) is 0 Å². The van der Waals surface area contributed by atoms with Gasteiger partial charge in [-0.15, -0.1) is 0 Å². The smallest absolute Gasteiger partial charge is 0.398 e. The molecular weight excluding hydrogens is 253 g/mol. The normalized spacial score (nSPS) is 25.9. The topological polar surface area (TPSA) is 20.2 Å². The first kappa shape index (κ1) is 16.1. The van der Waals surface area contributed by atoms with E-state index in [1.807, 2.05) is 20.8 Å². The number of halogens is 3. The number of aliphatic hydroxyl groups is 1. The molecule has 4 heteroatoms. The van der Waals surface area contributed by atoms with E-state index in [1.54, 1.807) is 20.8 Å². The maximum atomic E-state index is 13.6. The van der Waals surface area contributed by atoms with Gasteiger partial charge in [-0.1, -0.05) is 47.6 Å². The van der Waals surface area contributed by atoms with Gasteiger partial charge < -0.3 is 5.11 Å². The Bertz CT molecular complexity index is 400. The lowest BCUT2D eigenvalue weighted by Gasteiger charge is -2.47. The minimum atomic E-state index is -4.35. The molecule has 0 aromatic rings. The summed E-state index contributed by atoms with van der Waals surface area (Å²) < 4.78 is 40.9. The third kappa shape index (κ3) is 2.67. The van der Waals surface area contributed by atoms with Gasteiger partial charge in [0.2, 0.25) is 0 Å². The average Bonchev–Trinajstić information content (AvgIpc) is 2.12. The second kappa shape index (κ2) is 4.29. The molecule has 1 nitrogen and oxygen atoms in total. The molecule has 0 radical (unpaired) electrons. The maximum absolute atomic E-state index is 13.6. The van der Waals surface area contributed by atoms with E-state index in [2.05, 4.69) is 0 Å². The molecule has 0 saturated heterocycles. The Morgan fingerprint density at radius 3 is 1.84 bits per heavy atom. The van der Waals surface area contributed by atoms with Crippen LogP contribution in [-0.4, -0.2) is 11.3 Å². The molecule has 0 aromatic heterocycles. The molecule has 1 aliphatic rings. The fourth-order valence-corrected chi connectivity index (χ4v) is 2.53. The van der Waals surface area contributed by atoms with Crippen molar-refractivity contribution in [3.8, 4) is 0 Å². The van der Waals surface area contributed by atoms with E-state index >= 15 is 0 Å². The molecule has 1 unspecified atom stereocenters. The van der Waals surface area contributed by atoms with Crippen molar-refractivity contribution in [3.05, 3.63) is 23.5 Å². The highest BCUT2D eigenvalue weighted by Crippen LogP contribution is 2.58. The third-order valence-corrected chi connectivity index (χ3v) is 4.04. The Hall–Kier alpha value is -0.930. The molecule has 1 atom stereocenters. The van der Waals surface area contributed by atoms with Gasteiger partial charge >= 0.3 is 6.18 Å². The lowest BCUT2D eigenvalue weighted by atomic mass is 9.59. The zero-order chi connectivity index (χ0) is 15.3. The lowest BCUT2D eigenvalue weighted by molar-refractivity contribution is -0.238. The molecule has 0 aliphatic heterocycles. The zero-order valence-corrected chi connectivity index (χ0v) is 12.4. The van der Waals surface area contributed by atoms with E-state index in [4.69, 9.17) is 0 Å². The molecule has 1 aliphatic carbocycles. The van der Waals surface area contributed by atoms with E-state index < -0.39 is 22.4 Å². The molecule has 0 heterocycles. The Morgan fingerprint density at radius 1 is 1.05 bits per heavy atom. The predicted molar refractivity (Wildman–Crippen MR) is 70.8 cm³/mol. The molecule has 1 N–H and O–H groups in total. The van der Waals surface area contributed by atoms with Crippen molar-refractivity contribution < 1.29 is 18.3 Å². The van der Waals surface area contributed by atoms with Crippen LogP contribution >= 0.6 is 0 Å². The van der Waals surface area contributed by atoms with Crippen molar-refractivity contribution in [2.45, 2.75) is 54.1 Å². The van der Waals surface area contributed by atoms with Gasteiger partial charge in [-0.2, -0.15) is 13.2 Å². The van der Waals surface area contributed by atoms with Crippen molar-refractivity contribution in [2.24, 2.45) is 16.2 Å². The molecule has 0 bridgehead atoms. The summed E-state index contributed by atoms with van der Waals surface area (Å²) in [4.78, 5) is 0. The minimum absolute atomic E-state index is 0.0309. The van der Waals surface area contributed by atoms with E-state index in [0.29, 0.717) is 5.57 Å². The van der Waals surface area contributed by atoms with Gasteiger partial charge in [-0.05, 0) is 28.9 Å². The zero-order valence-electron chi connectivity index (χ0n) is 12.4. The molecule has 0 spiro atoms. The van der Waals surface area contributed by atoms with Gasteiger partial charge in [0.15, 0.2) is 0 Å². The molecule has 0 fully saturated rings. The van der Waals surface area contributed by atoms with Crippen LogP contribution in [0.4, 0.5) is 13.2 Å². The minimum Gasteiger partial charge on any atom is -0.508 e. The summed E-state index contributed by atoms with van der Waals surface area (Å²) in [6.45, 7) is 10.2. The van der Waals surface area contributed by atoms with Crippen LogP contribution in [0.2, 0.25) is 0 Å². The SMILES string of the molecule is CC(C)(C)C1=C(O)C=CC(C(C)(C)C)(C(F)(F)F)C1. The first-order valence-corrected chi connectivity index (χ1v) is 6.41. The number of hydrogen-bond acceptors (Lipinski definition) is 1. The second-order valence-corrected chi connectivity index (χ2v) is 7.34. The summed E-state index contributed by atoms with van der Waals surface area (Å²) in [7, 11) is 0. The number of allylic oxidation sites excluding steroid dienone is 3. The molecular formula is C15H23F3O. The van der Waals surface area contributed by atoms with Crippen LogP contribution in [0.3, 0.4) is 0 Å². The molecule has 19 heavy (non-hydrogen) atoms. The molecule has 0 aromatic carbocycles. The van der Waals surface area contributed by atoms with E-state index in [9.17, 15) is 18.3 Å². The highest BCUT2D eigenvalue weighted by Gasteiger charge is 2.61. The van der Waals surface area contributed by atoms with Gasteiger partial charge in [-0.3, -0.25) is 0 Å². The van der Waals surface area contributed by atoms with Gasteiger partial charge in [-0.25, -0.2) is 0 Å². The lowest BCUT2D eigenvalue weighted by Crippen LogP contribution is -2.48. The Labute approximate surface area is 113 Å². The fraction of sp³-hybridized carbons (Fsp3) is 0.733. The van der Waals surface area contributed by atoms with E-state index in [0.717, 1.165) is 6.08 Å². The predicted octanol–water partition coefficient (Wildman–Crippen LogP) is 5.40. The van der Waals surface area contributed by atoms with Crippen molar-refractivity contribution in [2.75, 3.05) is 0 Å². The van der Waals surface area contributed by atoms with Crippen molar-refractivity contribution in [1.29, 1.82) is 0 Å². The first-order valence-electron chi connectivity index (χ1n) is 6.41. The van der Waals surface area contributed by atoms with E-state index in [1.165, 1.54) is 6.08 Å². The average molecular weight is 276 g/mol. The van der Waals surface area contributed by atoms with Crippen LogP contribution in [0, 0.1) is 16.2 Å².